The summed E-state index contributed by atoms with van der Waals surface area (Å²) in [5.74, 6) is -0.280. The number of nitrogens with one attached hydrogen (secondary N) is 1. The lowest BCUT2D eigenvalue weighted by Crippen LogP contribution is -2.66. The number of hydrogen-bond acceptors (Lipinski definition) is 18. The summed E-state index contributed by atoms with van der Waals surface area (Å²) in [6.07, 6.45) is 56.6. The molecule has 12 N–H and O–H groups in total. The minimum Gasteiger partial charge on any atom is -0.394 e. The van der Waals surface area contributed by atoms with Gasteiger partial charge in [-0.15, -0.1) is 0 Å². The molecule has 0 aromatic rings. The summed E-state index contributed by atoms with van der Waals surface area (Å²) in [4.78, 5) is 13.5. The van der Waals surface area contributed by atoms with E-state index in [0.29, 0.717) is 6.42 Å². The average Bonchev–Trinajstić information content (AvgIpc) is 0.783. The van der Waals surface area contributed by atoms with Crippen LogP contribution in [0.25, 0.3) is 0 Å². The maximum absolute atomic E-state index is 13.5. The van der Waals surface area contributed by atoms with Crippen molar-refractivity contribution in [2.24, 2.45) is 0 Å². The predicted octanol–water partition coefficient (Wildman–Crippen LogP) is 13.2. The van der Waals surface area contributed by atoms with Gasteiger partial charge in [-0.05, 0) is 77.0 Å². The smallest absolute Gasteiger partial charge is 0.220 e. The molecule has 3 heterocycles. The molecular weight excluding hydrogens is 1290 g/mol. The van der Waals surface area contributed by atoms with Crippen LogP contribution in [-0.4, -0.2) is 193 Å². The van der Waals surface area contributed by atoms with Crippen molar-refractivity contribution < 1.29 is 89.4 Å². The Kier molecular flexibility index (Phi) is 56.3. The van der Waals surface area contributed by atoms with E-state index in [4.69, 9.17) is 28.4 Å². The molecule has 0 saturated carbocycles. The molecule has 0 aliphatic carbocycles. The van der Waals surface area contributed by atoms with Crippen LogP contribution in [0.2, 0.25) is 0 Å². The molecule has 101 heavy (non-hydrogen) atoms. The fraction of sp³-hybridized carbons (Fsp3) is 0.793. The summed E-state index contributed by atoms with van der Waals surface area (Å²) in [6, 6.07) is -0.982. The largest absolute Gasteiger partial charge is 0.394 e. The van der Waals surface area contributed by atoms with Crippen molar-refractivity contribution in [3.05, 3.63) is 97.2 Å². The van der Waals surface area contributed by atoms with Gasteiger partial charge in [0.15, 0.2) is 18.9 Å². The SMILES string of the molecule is CC/C=C\C/C=C\C/C=C\C/C=C\C/C=C\C/C=C\C/C=C\CCCCCCCCCCCCCC(=O)NC(COC1OC(CO)C(OC2OC(CO)C(OC3OC(CO)C(O)C(O)C3O)C(O)C2O)C(O)C1O)C(O)/C=C/CCCCCCCCCCCCCCCCCCCCCCC. The molecule has 3 rings (SSSR count). The summed E-state index contributed by atoms with van der Waals surface area (Å²) in [5, 5.41) is 121. The quantitative estimate of drug-likeness (QED) is 0.0199. The number of hydrogen-bond donors (Lipinski definition) is 12. The minimum absolute atomic E-state index is 0.235. The van der Waals surface area contributed by atoms with E-state index < -0.39 is 124 Å². The van der Waals surface area contributed by atoms with Gasteiger partial charge in [-0.2, -0.15) is 0 Å². The first-order valence-corrected chi connectivity index (χ1v) is 40.0. The van der Waals surface area contributed by atoms with Crippen LogP contribution in [0.4, 0.5) is 0 Å². The van der Waals surface area contributed by atoms with Crippen LogP contribution >= 0.6 is 0 Å². The first-order valence-electron chi connectivity index (χ1n) is 40.0. The maximum atomic E-state index is 13.5. The van der Waals surface area contributed by atoms with Crippen molar-refractivity contribution in [3.8, 4) is 0 Å². The second kappa shape index (κ2) is 61.8. The van der Waals surface area contributed by atoms with Gasteiger partial charge in [-0.1, -0.05) is 297 Å². The third-order valence-corrected chi connectivity index (χ3v) is 19.4. The lowest BCUT2D eigenvalue weighted by atomic mass is 9.96. The van der Waals surface area contributed by atoms with Gasteiger partial charge >= 0.3 is 0 Å². The zero-order valence-electron chi connectivity index (χ0n) is 62.4. The van der Waals surface area contributed by atoms with Gasteiger partial charge in [-0.3, -0.25) is 4.79 Å². The minimum atomic E-state index is -1.98. The highest BCUT2D eigenvalue weighted by Gasteiger charge is 2.54. The van der Waals surface area contributed by atoms with Crippen molar-refractivity contribution in [1.29, 1.82) is 0 Å². The van der Waals surface area contributed by atoms with Gasteiger partial charge in [0.1, 0.15) is 73.2 Å². The van der Waals surface area contributed by atoms with E-state index in [1.807, 2.05) is 6.08 Å². The van der Waals surface area contributed by atoms with Crippen LogP contribution < -0.4 is 5.32 Å². The molecule has 19 heteroatoms. The van der Waals surface area contributed by atoms with E-state index in [1.165, 1.54) is 154 Å². The summed E-state index contributed by atoms with van der Waals surface area (Å²) in [7, 11) is 0. The van der Waals surface area contributed by atoms with Gasteiger partial charge in [-0.25, -0.2) is 0 Å². The van der Waals surface area contributed by atoms with Crippen molar-refractivity contribution >= 4 is 5.91 Å². The first kappa shape index (κ1) is 91.9. The molecule has 17 atom stereocenters. The number of aliphatic hydroxyl groups is 11. The molecule has 0 radical (unpaired) electrons. The Morgan fingerprint density at radius 1 is 0.366 bits per heavy atom. The molecule has 0 bridgehead atoms. The summed E-state index contributed by atoms with van der Waals surface area (Å²) in [6.45, 7) is 1.64. The third kappa shape index (κ3) is 42.0. The number of allylic oxidation sites excluding steroid dienone is 15. The van der Waals surface area contributed by atoms with E-state index in [9.17, 15) is 61.0 Å². The van der Waals surface area contributed by atoms with Gasteiger partial charge < -0.3 is 89.9 Å². The lowest BCUT2D eigenvalue weighted by molar-refractivity contribution is -0.379. The van der Waals surface area contributed by atoms with Crippen LogP contribution in [0.15, 0.2) is 97.2 Å². The average molecular weight is 1430 g/mol. The second-order valence-electron chi connectivity index (χ2n) is 28.1. The molecule has 3 saturated heterocycles. The van der Waals surface area contributed by atoms with Gasteiger partial charge in [0.25, 0.3) is 0 Å². The van der Waals surface area contributed by atoms with Gasteiger partial charge in [0.2, 0.25) is 5.91 Å². The molecule has 17 unspecified atom stereocenters. The summed E-state index contributed by atoms with van der Waals surface area (Å²) in [5.41, 5.74) is 0. The van der Waals surface area contributed by atoms with Crippen molar-refractivity contribution in [3.63, 3.8) is 0 Å². The van der Waals surface area contributed by atoms with E-state index in [0.717, 1.165) is 103 Å². The van der Waals surface area contributed by atoms with Crippen LogP contribution in [-0.2, 0) is 33.2 Å². The highest BCUT2D eigenvalue weighted by atomic mass is 16.8. The van der Waals surface area contributed by atoms with Crippen molar-refractivity contribution in [1.82, 2.24) is 5.32 Å². The number of aliphatic hydroxyl groups excluding tert-OH is 11. The Morgan fingerprint density at radius 3 is 1.07 bits per heavy atom. The Hall–Kier alpha value is -3.29. The van der Waals surface area contributed by atoms with Crippen LogP contribution in [0.5, 0.6) is 0 Å². The number of rotatable bonds is 62. The second-order valence-corrected chi connectivity index (χ2v) is 28.1. The highest BCUT2D eigenvalue weighted by molar-refractivity contribution is 5.76. The molecule has 3 fully saturated rings. The van der Waals surface area contributed by atoms with Crippen LogP contribution in [0.3, 0.4) is 0 Å². The Morgan fingerprint density at radius 2 is 0.683 bits per heavy atom. The molecule has 1 amide bonds. The van der Waals surface area contributed by atoms with Gasteiger partial charge in [0, 0.05) is 6.42 Å². The lowest BCUT2D eigenvalue weighted by Gasteiger charge is -2.48. The molecular formula is C82H143NO18. The zero-order chi connectivity index (χ0) is 73.2. The van der Waals surface area contributed by atoms with E-state index in [2.05, 4.69) is 104 Å². The number of carbonyl (C=O) groups is 1. The monoisotopic (exact) mass is 1430 g/mol. The predicted molar refractivity (Wildman–Crippen MR) is 401 cm³/mol. The van der Waals surface area contributed by atoms with Crippen molar-refractivity contribution in [2.45, 2.75) is 388 Å². The normalized spacial score (nSPS) is 26.8. The van der Waals surface area contributed by atoms with Crippen molar-refractivity contribution in [2.75, 3.05) is 26.4 Å². The number of ether oxygens (including phenoxy) is 6. The Labute approximate surface area is 609 Å². The van der Waals surface area contributed by atoms with E-state index >= 15 is 0 Å². The molecule has 3 aliphatic rings. The Bertz CT molecular complexity index is 2200. The molecule has 0 aromatic carbocycles. The highest BCUT2D eigenvalue weighted by Crippen LogP contribution is 2.33. The zero-order valence-corrected chi connectivity index (χ0v) is 62.4. The number of amides is 1. The number of unbranched alkanes of at least 4 members (excludes halogenated alkanes) is 32. The summed E-state index contributed by atoms with van der Waals surface area (Å²) >= 11 is 0. The van der Waals surface area contributed by atoms with Gasteiger partial charge in [0.05, 0.1) is 38.6 Å². The molecule has 584 valence electrons. The third-order valence-electron chi connectivity index (χ3n) is 19.4. The maximum Gasteiger partial charge on any atom is 0.220 e. The Balaban J connectivity index is 1.38. The fourth-order valence-corrected chi connectivity index (χ4v) is 13.0. The number of carbonyl (C=O) groups excluding carboxylic acids is 1. The molecule has 0 spiro atoms. The molecule has 3 aliphatic heterocycles. The standard InChI is InChI=1S/C82H143NO18/c1-3-5-7-9-11-13-15-17-19-21-23-25-27-28-29-30-31-32-33-34-35-36-38-40-42-44-46-48-50-52-54-56-58-60-70(88)83-65(66(87)59-57-55-53-51-49-47-45-43-41-39-37-26-24-22-20-18-16-14-12-10-8-6-4-2)64-96-80-76(94)73(91)78(68(62-85)98-80)101-82-77(95)74(92)79(69(63-86)99-82)100-81-75(93)72(90)71(89)67(61-84)97-81/h5,7,11,13,17,19,23,25,28-29,31-32,34-35,57,59,65-69,71-82,84-87,89-95H,3-4,6,8-10,12,14-16,18,20-22,24,26-27,30,33,36-56,58,60-64H2,1-2H3,(H,83,88)/b7-5-,13-11-,19-17-,25-23-,29-28-,32-31-,35-34-,59-57+. The first-order chi connectivity index (χ1) is 49.3. The topological polar surface area (TPSA) is 307 Å². The molecule has 19 nitrogen and oxygen atoms in total. The van der Waals surface area contributed by atoms with E-state index in [-0.39, 0.29) is 18.9 Å². The van der Waals surface area contributed by atoms with Crippen LogP contribution in [0.1, 0.15) is 284 Å². The van der Waals surface area contributed by atoms with E-state index in [1.54, 1.807) is 6.08 Å². The molecule has 0 aromatic heterocycles. The summed E-state index contributed by atoms with van der Waals surface area (Å²) < 4.78 is 34.4. The fourth-order valence-electron chi connectivity index (χ4n) is 13.0. The van der Waals surface area contributed by atoms with Crippen LogP contribution in [0, 0.1) is 0 Å².